The summed E-state index contributed by atoms with van der Waals surface area (Å²) in [5.41, 5.74) is 1.95. The molecule has 0 amide bonds. The first-order valence-corrected chi connectivity index (χ1v) is 8.09. The Bertz CT molecular complexity index is 602. The minimum Gasteiger partial charge on any atom is -0.329 e. The van der Waals surface area contributed by atoms with Crippen LogP contribution in [-0.2, 0) is 0 Å². The van der Waals surface area contributed by atoms with E-state index in [2.05, 4.69) is 44.3 Å². The summed E-state index contributed by atoms with van der Waals surface area (Å²) in [6, 6.07) is 2.42. The molecule has 0 aliphatic carbocycles. The van der Waals surface area contributed by atoms with Crippen molar-refractivity contribution in [1.29, 1.82) is 0 Å². The highest BCUT2D eigenvalue weighted by Crippen LogP contribution is 2.23. The van der Waals surface area contributed by atoms with Gasteiger partial charge in [0, 0.05) is 16.7 Å². The second kappa shape index (κ2) is 6.66. The Morgan fingerprint density at radius 2 is 2.21 bits per heavy atom. The number of rotatable bonds is 6. The minimum absolute atomic E-state index is 0.395. The van der Waals surface area contributed by atoms with E-state index in [0.29, 0.717) is 6.04 Å². The first kappa shape index (κ1) is 14.7. The lowest BCUT2D eigenvalue weighted by Crippen LogP contribution is -2.06. The number of hydrogen-bond donors (Lipinski definition) is 1. The molecule has 0 saturated heterocycles. The van der Waals surface area contributed by atoms with Crippen LogP contribution < -0.4 is 0 Å². The molecular weight excluding hydrogens is 322 g/mol. The van der Waals surface area contributed by atoms with Gasteiger partial charge in [0.15, 0.2) is 10.4 Å². The molecule has 0 aliphatic heterocycles. The zero-order valence-corrected chi connectivity index (χ0v) is 13.9. The molecule has 0 aromatic carbocycles. The fraction of sp³-hybridized carbons (Fsp3) is 0.571. The Labute approximate surface area is 127 Å². The summed E-state index contributed by atoms with van der Waals surface area (Å²) in [6.45, 7) is 4.46. The van der Waals surface area contributed by atoms with Crippen LogP contribution in [0.25, 0.3) is 11.2 Å². The van der Waals surface area contributed by atoms with Gasteiger partial charge in [0.2, 0.25) is 0 Å². The number of pyridine rings is 1. The van der Waals surface area contributed by atoms with E-state index in [1.165, 1.54) is 25.7 Å². The molecule has 0 radical (unpaired) electrons. The largest absolute Gasteiger partial charge is 0.329 e. The van der Waals surface area contributed by atoms with Gasteiger partial charge in [-0.15, -0.1) is 0 Å². The molecule has 3 nitrogen and oxygen atoms in total. The van der Waals surface area contributed by atoms with E-state index in [1.54, 1.807) is 0 Å². The summed E-state index contributed by atoms with van der Waals surface area (Å²) >= 11 is 8.86. The van der Waals surface area contributed by atoms with E-state index in [0.717, 1.165) is 26.8 Å². The quantitative estimate of drug-likeness (QED) is 0.564. The van der Waals surface area contributed by atoms with Crippen LogP contribution in [0.4, 0.5) is 0 Å². The average Bonchev–Trinajstić information content (AvgIpc) is 2.69. The van der Waals surface area contributed by atoms with Gasteiger partial charge in [-0.3, -0.25) is 4.57 Å². The predicted octanol–water partition coefficient (Wildman–Crippen LogP) is 5.39. The van der Waals surface area contributed by atoms with E-state index < -0.39 is 0 Å². The lowest BCUT2D eigenvalue weighted by Gasteiger charge is -2.13. The first-order chi connectivity index (χ1) is 9.13. The summed E-state index contributed by atoms with van der Waals surface area (Å²) in [5, 5.41) is 0. The standard InChI is InChI=1S/C14H20BrN3S/c1-3-4-5-6-7-10(2)18-13-12(17-14(18)19)8-11(15)9-16-13/h8-10H,3-7H2,1-2H3,(H,17,19). The Kier molecular flexibility index (Phi) is 5.16. The number of hydrogen-bond acceptors (Lipinski definition) is 2. The highest BCUT2D eigenvalue weighted by molar-refractivity contribution is 9.10. The van der Waals surface area contributed by atoms with Crippen molar-refractivity contribution >= 4 is 39.3 Å². The zero-order chi connectivity index (χ0) is 13.8. The number of aromatic nitrogens is 3. The number of fused-ring (bicyclic) bond motifs is 1. The number of aromatic amines is 1. The molecule has 0 aliphatic rings. The number of halogens is 1. The van der Waals surface area contributed by atoms with E-state index >= 15 is 0 Å². The summed E-state index contributed by atoms with van der Waals surface area (Å²) in [6.07, 6.45) is 8.12. The van der Waals surface area contributed by atoms with E-state index in [-0.39, 0.29) is 0 Å². The third kappa shape index (κ3) is 3.45. The van der Waals surface area contributed by atoms with Gasteiger partial charge in [-0.25, -0.2) is 4.98 Å². The maximum Gasteiger partial charge on any atom is 0.179 e. The van der Waals surface area contributed by atoms with Crippen LogP contribution in [0.5, 0.6) is 0 Å². The lowest BCUT2D eigenvalue weighted by molar-refractivity contribution is 0.476. The molecule has 1 N–H and O–H groups in total. The fourth-order valence-electron chi connectivity index (χ4n) is 2.39. The van der Waals surface area contributed by atoms with Crippen molar-refractivity contribution in [3.8, 4) is 0 Å². The van der Waals surface area contributed by atoms with Gasteiger partial charge in [0.05, 0.1) is 5.52 Å². The molecule has 0 bridgehead atoms. The van der Waals surface area contributed by atoms with Gasteiger partial charge in [0.25, 0.3) is 0 Å². The summed E-state index contributed by atoms with van der Waals surface area (Å²) < 4.78 is 3.88. The summed E-state index contributed by atoms with van der Waals surface area (Å²) in [5.74, 6) is 0. The molecule has 0 saturated carbocycles. The molecule has 19 heavy (non-hydrogen) atoms. The van der Waals surface area contributed by atoms with Gasteiger partial charge in [-0.1, -0.05) is 32.6 Å². The molecule has 5 heteroatoms. The van der Waals surface area contributed by atoms with Crippen molar-refractivity contribution in [2.45, 2.75) is 52.0 Å². The van der Waals surface area contributed by atoms with Crippen LogP contribution in [0, 0.1) is 4.77 Å². The van der Waals surface area contributed by atoms with Crippen LogP contribution in [0.15, 0.2) is 16.7 Å². The number of nitrogens with zero attached hydrogens (tertiary/aromatic N) is 2. The van der Waals surface area contributed by atoms with Crippen molar-refractivity contribution in [2.24, 2.45) is 0 Å². The molecule has 2 aromatic heterocycles. The maximum atomic E-state index is 5.43. The average molecular weight is 342 g/mol. The SMILES string of the molecule is CCCCCCC(C)n1c(=S)[nH]c2cc(Br)cnc21. The van der Waals surface area contributed by atoms with Crippen LogP contribution in [-0.4, -0.2) is 14.5 Å². The number of nitrogens with one attached hydrogen (secondary N) is 1. The smallest absolute Gasteiger partial charge is 0.179 e. The van der Waals surface area contributed by atoms with Crippen molar-refractivity contribution in [3.05, 3.63) is 21.5 Å². The van der Waals surface area contributed by atoms with Crippen LogP contribution in [0.1, 0.15) is 52.0 Å². The molecular formula is C14H20BrN3S. The highest BCUT2D eigenvalue weighted by atomic mass is 79.9. The van der Waals surface area contributed by atoms with Crippen molar-refractivity contribution in [3.63, 3.8) is 0 Å². The zero-order valence-electron chi connectivity index (χ0n) is 11.4. The number of imidazole rings is 1. The van der Waals surface area contributed by atoms with Gasteiger partial charge >= 0.3 is 0 Å². The molecule has 1 unspecified atom stereocenters. The predicted molar refractivity (Wildman–Crippen MR) is 86.1 cm³/mol. The Hall–Kier alpha value is -0.680. The molecule has 2 rings (SSSR count). The third-order valence-corrected chi connectivity index (χ3v) is 4.17. The summed E-state index contributed by atoms with van der Waals surface area (Å²) in [4.78, 5) is 7.72. The van der Waals surface area contributed by atoms with Crippen molar-refractivity contribution in [1.82, 2.24) is 14.5 Å². The second-order valence-corrected chi connectivity index (χ2v) is 6.33. The molecule has 0 fully saturated rings. The van der Waals surface area contributed by atoms with Crippen LogP contribution in [0.2, 0.25) is 0 Å². The van der Waals surface area contributed by atoms with Gasteiger partial charge in [-0.05, 0) is 47.6 Å². The fourth-order valence-corrected chi connectivity index (χ4v) is 3.10. The molecule has 2 heterocycles. The monoisotopic (exact) mass is 341 g/mol. The lowest BCUT2D eigenvalue weighted by atomic mass is 10.1. The third-order valence-electron chi connectivity index (χ3n) is 3.44. The molecule has 1 atom stereocenters. The molecule has 104 valence electrons. The first-order valence-electron chi connectivity index (χ1n) is 6.89. The van der Waals surface area contributed by atoms with E-state index in [9.17, 15) is 0 Å². The normalized spacial score (nSPS) is 13.0. The minimum atomic E-state index is 0.395. The molecule has 0 spiro atoms. The van der Waals surface area contributed by atoms with Crippen molar-refractivity contribution < 1.29 is 0 Å². The van der Waals surface area contributed by atoms with Crippen LogP contribution in [0.3, 0.4) is 0 Å². The topological polar surface area (TPSA) is 33.6 Å². The summed E-state index contributed by atoms with van der Waals surface area (Å²) in [7, 11) is 0. The second-order valence-electron chi connectivity index (χ2n) is 5.02. The van der Waals surface area contributed by atoms with Crippen molar-refractivity contribution in [2.75, 3.05) is 0 Å². The Balaban J connectivity index is 2.19. The van der Waals surface area contributed by atoms with Gasteiger partial charge < -0.3 is 4.98 Å². The van der Waals surface area contributed by atoms with Gasteiger partial charge in [-0.2, -0.15) is 0 Å². The van der Waals surface area contributed by atoms with E-state index in [4.69, 9.17) is 12.2 Å². The Morgan fingerprint density at radius 3 is 2.95 bits per heavy atom. The Morgan fingerprint density at radius 1 is 1.42 bits per heavy atom. The number of H-pyrrole nitrogens is 1. The molecule has 2 aromatic rings. The van der Waals surface area contributed by atoms with E-state index in [1.807, 2.05) is 12.3 Å². The van der Waals surface area contributed by atoms with Gasteiger partial charge in [0.1, 0.15) is 0 Å². The maximum absolute atomic E-state index is 5.43. The van der Waals surface area contributed by atoms with Crippen LogP contribution >= 0.6 is 28.1 Å². The number of unbranched alkanes of at least 4 members (excludes halogenated alkanes) is 3. The highest BCUT2D eigenvalue weighted by Gasteiger charge is 2.12.